The van der Waals surface area contributed by atoms with Crippen LogP contribution >= 0.6 is 0 Å². The second kappa shape index (κ2) is 11.9. The van der Waals surface area contributed by atoms with Crippen molar-refractivity contribution in [2.24, 2.45) is 0 Å². The largest absolute Gasteiger partial charge is 0.294 e. The molecule has 108 valence electrons. The smallest absolute Gasteiger partial charge is 0.163 e. The van der Waals surface area contributed by atoms with Gasteiger partial charge >= 0.3 is 0 Å². The SMILES string of the molecule is C=CC(=O)CC(=O)C=C(CCCCC)CCCCC. The summed E-state index contributed by atoms with van der Waals surface area (Å²) in [5.74, 6) is -0.268. The van der Waals surface area contributed by atoms with Crippen molar-refractivity contribution < 1.29 is 9.59 Å². The summed E-state index contributed by atoms with van der Waals surface area (Å²) in [6, 6.07) is 0. The highest BCUT2D eigenvalue weighted by atomic mass is 16.1. The normalized spacial score (nSPS) is 10.0. The van der Waals surface area contributed by atoms with Crippen LogP contribution in [0.25, 0.3) is 0 Å². The molecule has 0 rings (SSSR count). The molecule has 0 aliphatic rings. The Labute approximate surface area is 118 Å². The first-order valence-corrected chi connectivity index (χ1v) is 7.51. The molecule has 0 N–H and O–H groups in total. The number of carbonyl (C=O) groups is 2. The van der Waals surface area contributed by atoms with Gasteiger partial charge in [0.15, 0.2) is 11.6 Å². The van der Waals surface area contributed by atoms with Crippen LogP contribution in [-0.2, 0) is 9.59 Å². The van der Waals surface area contributed by atoms with Crippen LogP contribution in [0.1, 0.15) is 71.6 Å². The highest BCUT2D eigenvalue weighted by molar-refractivity contribution is 6.08. The van der Waals surface area contributed by atoms with E-state index in [2.05, 4.69) is 20.4 Å². The molecule has 0 heterocycles. The second-order valence-electron chi connectivity index (χ2n) is 5.03. The van der Waals surface area contributed by atoms with Crippen LogP contribution in [-0.4, -0.2) is 11.6 Å². The van der Waals surface area contributed by atoms with Crippen LogP contribution in [0.3, 0.4) is 0 Å². The number of allylic oxidation sites excluding steroid dienone is 3. The molecule has 0 aromatic carbocycles. The molecule has 19 heavy (non-hydrogen) atoms. The molecular formula is C17H28O2. The lowest BCUT2D eigenvalue weighted by Crippen LogP contribution is -2.03. The number of hydrogen-bond acceptors (Lipinski definition) is 2. The van der Waals surface area contributed by atoms with Gasteiger partial charge in [0.1, 0.15) is 0 Å². The zero-order chi connectivity index (χ0) is 14.5. The molecule has 0 aliphatic carbocycles. The van der Waals surface area contributed by atoms with Gasteiger partial charge in [0.25, 0.3) is 0 Å². The van der Waals surface area contributed by atoms with Gasteiger partial charge in [-0.05, 0) is 37.8 Å². The lowest BCUT2D eigenvalue weighted by Gasteiger charge is -2.07. The summed E-state index contributed by atoms with van der Waals surface area (Å²) in [6.45, 7) is 7.74. The fraction of sp³-hybridized carbons (Fsp3) is 0.647. The molecule has 2 nitrogen and oxygen atoms in total. The van der Waals surface area contributed by atoms with E-state index in [0.29, 0.717) is 0 Å². The average Bonchev–Trinajstić information content (AvgIpc) is 2.38. The molecule has 0 bridgehead atoms. The number of hydrogen-bond donors (Lipinski definition) is 0. The molecule has 0 fully saturated rings. The molecule has 0 spiro atoms. The molecule has 0 saturated heterocycles. The lowest BCUT2D eigenvalue weighted by molar-refractivity contribution is -0.121. The van der Waals surface area contributed by atoms with Crippen molar-refractivity contribution in [3.63, 3.8) is 0 Å². The molecule has 0 atom stereocenters. The maximum atomic E-state index is 11.7. The van der Waals surface area contributed by atoms with Crippen LogP contribution in [0.2, 0.25) is 0 Å². The minimum Gasteiger partial charge on any atom is -0.294 e. The maximum Gasteiger partial charge on any atom is 0.163 e. The monoisotopic (exact) mass is 264 g/mol. The molecule has 0 saturated carbocycles. The molecule has 0 radical (unpaired) electrons. The Morgan fingerprint density at radius 2 is 1.42 bits per heavy atom. The third-order valence-electron chi connectivity index (χ3n) is 3.14. The van der Waals surface area contributed by atoms with Gasteiger partial charge in [-0.2, -0.15) is 0 Å². The Balaban J connectivity index is 4.37. The Morgan fingerprint density at radius 1 is 0.895 bits per heavy atom. The standard InChI is InChI=1S/C17H28O2/c1-4-7-9-11-15(12-10-8-5-2)13-17(19)14-16(18)6-3/h6,13H,3-5,7-12,14H2,1-2H3. The number of unbranched alkanes of at least 4 members (excludes halogenated alkanes) is 4. The van der Waals surface area contributed by atoms with Crippen molar-refractivity contribution >= 4 is 11.6 Å². The zero-order valence-electron chi connectivity index (χ0n) is 12.5. The van der Waals surface area contributed by atoms with Crippen LogP contribution in [0.5, 0.6) is 0 Å². The fourth-order valence-electron chi connectivity index (χ4n) is 2.00. The second-order valence-corrected chi connectivity index (χ2v) is 5.03. The topological polar surface area (TPSA) is 34.1 Å². The van der Waals surface area contributed by atoms with Gasteiger partial charge in [0.2, 0.25) is 0 Å². The number of carbonyl (C=O) groups excluding carboxylic acids is 2. The van der Waals surface area contributed by atoms with Crippen molar-refractivity contribution in [3.8, 4) is 0 Å². The maximum absolute atomic E-state index is 11.7. The van der Waals surface area contributed by atoms with E-state index < -0.39 is 0 Å². The third-order valence-corrected chi connectivity index (χ3v) is 3.14. The Morgan fingerprint density at radius 3 is 1.84 bits per heavy atom. The van der Waals surface area contributed by atoms with Gasteiger partial charge in [-0.25, -0.2) is 0 Å². The molecule has 2 heteroatoms. The van der Waals surface area contributed by atoms with Crippen LogP contribution in [0, 0.1) is 0 Å². The molecule has 0 aliphatic heterocycles. The molecule has 0 aromatic rings. The van der Waals surface area contributed by atoms with Crippen molar-refractivity contribution in [2.75, 3.05) is 0 Å². The number of ketones is 2. The van der Waals surface area contributed by atoms with Gasteiger partial charge in [-0.3, -0.25) is 9.59 Å². The summed E-state index contributed by atoms with van der Waals surface area (Å²) in [5, 5.41) is 0. The van der Waals surface area contributed by atoms with Crippen molar-refractivity contribution in [2.45, 2.75) is 71.6 Å². The van der Waals surface area contributed by atoms with E-state index in [1.807, 2.05) is 0 Å². The molecule has 0 aromatic heterocycles. The molecule has 0 unspecified atom stereocenters. The van der Waals surface area contributed by atoms with Gasteiger partial charge in [0.05, 0.1) is 6.42 Å². The Kier molecular flexibility index (Phi) is 11.1. The summed E-state index contributed by atoms with van der Waals surface area (Å²) < 4.78 is 0. The molecule has 0 amide bonds. The predicted molar refractivity (Wildman–Crippen MR) is 81.2 cm³/mol. The van der Waals surface area contributed by atoms with Crippen molar-refractivity contribution in [3.05, 3.63) is 24.3 Å². The highest BCUT2D eigenvalue weighted by Crippen LogP contribution is 2.17. The van der Waals surface area contributed by atoms with E-state index in [4.69, 9.17) is 0 Å². The summed E-state index contributed by atoms with van der Waals surface area (Å²) in [5.41, 5.74) is 1.21. The fourth-order valence-corrected chi connectivity index (χ4v) is 2.00. The van der Waals surface area contributed by atoms with E-state index >= 15 is 0 Å². The van der Waals surface area contributed by atoms with Gasteiger partial charge in [-0.1, -0.05) is 51.7 Å². The van der Waals surface area contributed by atoms with Crippen LogP contribution < -0.4 is 0 Å². The average molecular weight is 264 g/mol. The van der Waals surface area contributed by atoms with E-state index in [0.717, 1.165) is 25.7 Å². The number of rotatable bonds is 12. The summed E-state index contributed by atoms with van der Waals surface area (Å²) >= 11 is 0. The van der Waals surface area contributed by atoms with Crippen LogP contribution in [0.15, 0.2) is 24.3 Å². The summed E-state index contributed by atoms with van der Waals surface area (Å²) in [4.78, 5) is 22.9. The first-order chi connectivity index (χ1) is 9.13. The first kappa shape index (κ1) is 17.8. The molecular weight excluding hydrogens is 236 g/mol. The minimum atomic E-state index is -0.192. The Hall–Kier alpha value is -1.18. The van der Waals surface area contributed by atoms with Gasteiger partial charge < -0.3 is 0 Å². The van der Waals surface area contributed by atoms with Crippen LogP contribution in [0.4, 0.5) is 0 Å². The zero-order valence-corrected chi connectivity index (χ0v) is 12.5. The van der Waals surface area contributed by atoms with E-state index in [-0.39, 0.29) is 18.0 Å². The van der Waals surface area contributed by atoms with E-state index in [1.54, 1.807) is 6.08 Å². The predicted octanol–water partition coefficient (Wildman–Crippen LogP) is 4.79. The summed E-state index contributed by atoms with van der Waals surface area (Å²) in [7, 11) is 0. The van der Waals surface area contributed by atoms with E-state index in [1.165, 1.54) is 37.3 Å². The van der Waals surface area contributed by atoms with Gasteiger partial charge in [-0.15, -0.1) is 0 Å². The third kappa shape index (κ3) is 10.4. The first-order valence-electron chi connectivity index (χ1n) is 7.51. The van der Waals surface area contributed by atoms with Crippen molar-refractivity contribution in [1.82, 2.24) is 0 Å². The lowest BCUT2D eigenvalue weighted by atomic mass is 9.99. The van der Waals surface area contributed by atoms with Gasteiger partial charge in [0, 0.05) is 0 Å². The van der Waals surface area contributed by atoms with Crippen molar-refractivity contribution in [1.29, 1.82) is 0 Å². The quantitative estimate of drug-likeness (QED) is 0.288. The summed E-state index contributed by atoms with van der Waals surface area (Å²) in [6.07, 6.45) is 11.9. The van der Waals surface area contributed by atoms with E-state index in [9.17, 15) is 9.59 Å². The highest BCUT2D eigenvalue weighted by Gasteiger charge is 2.06. The Bertz CT molecular complexity index is 301. The minimum absolute atomic E-state index is 0.0332.